The summed E-state index contributed by atoms with van der Waals surface area (Å²) in [6.07, 6.45) is 0. The fourth-order valence-electron chi connectivity index (χ4n) is 1.72. The number of hydrogen-bond acceptors (Lipinski definition) is 7. The van der Waals surface area contributed by atoms with E-state index in [0.717, 1.165) is 0 Å². The second kappa shape index (κ2) is 5.79. The summed E-state index contributed by atoms with van der Waals surface area (Å²) >= 11 is 1.22. The smallest absolute Gasteiger partial charge is 0.196 e. The molecule has 0 bridgehead atoms. The number of nitrogen functional groups attached to an aromatic ring is 2. The second-order valence-electron chi connectivity index (χ2n) is 3.99. The van der Waals surface area contributed by atoms with Gasteiger partial charge in [-0.3, -0.25) is 4.79 Å². The number of carbonyl (C=O) groups is 1. The van der Waals surface area contributed by atoms with Crippen LogP contribution in [0.3, 0.4) is 0 Å². The molecule has 1 heterocycles. The Morgan fingerprint density at radius 3 is 2.45 bits per heavy atom. The van der Waals surface area contributed by atoms with Gasteiger partial charge in [0.2, 0.25) is 0 Å². The highest BCUT2D eigenvalue weighted by Crippen LogP contribution is 2.34. The Labute approximate surface area is 120 Å². The Hall–Kier alpha value is -2.28. The SMILES string of the molecule is COc1cccc(Sc2nc(N)cc(N)n2)c1C(C)=O. The maximum Gasteiger partial charge on any atom is 0.196 e. The van der Waals surface area contributed by atoms with Crippen LogP contribution in [-0.2, 0) is 0 Å². The molecule has 0 aliphatic rings. The van der Waals surface area contributed by atoms with E-state index >= 15 is 0 Å². The van der Waals surface area contributed by atoms with Crippen molar-refractivity contribution in [1.82, 2.24) is 9.97 Å². The van der Waals surface area contributed by atoms with E-state index in [9.17, 15) is 4.79 Å². The summed E-state index contributed by atoms with van der Waals surface area (Å²) in [5.41, 5.74) is 11.8. The zero-order valence-corrected chi connectivity index (χ0v) is 11.9. The van der Waals surface area contributed by atoms with Crippen LogP contribution < -0.4 is 16.2 Å². The molecule has 0 fully saturated rings. The van der Waals surface area contributed by atoms with Gasteiger partial charge in [0.05, 0.1) is 12.7 Å². The predicted molar refractivity (Wildman–Crippen MR) is 78.0 cm³/mol. The number of methoxy groups -OCH3 is 1. The van der Waals surface area contributed by atoms with Crippen molar-refractivity contribution in [2.24, 2.45) is 0 Å². The molecule has 1 aromatic carbocycles. The maximum atomic E-state index is 11.8. The van der Waals surface area contributed by atoms with Gasteiger partial charge >= 0.3 is 0 Å². The molecule has 0 spiro atoms. The number of aromatic nitrogens is 2. The molecule has 2 aromatic rings. The van der Waals surface area contributed by atoms with Gasteiger partial charge < -0.3 is 16.2 Å². The number of rotatable bonds is 4. The Bertz CT molecular complexity index is 641. The predicted octanol–water partition coefficient (Wildman–Crippen LogP) is 2.00. The topological polar surface area (TPSA) is 104 Å². The van der Waals surface area contributed by atoms with Crippen molar-refractivity contribution in [3.05, 3.63) is 29.8 Å². The first-order chi connectivity index (χ1) is 9.51. The molecule has 0 amide bonds. The first kappa shape index (κ1) is 14.1. The Kier molecular flexibility index (Phi) is 4.09. The molecule has 0 unspecified atom stereocenters. The third-order valence-corrected chi connectivity index (χ3v) is 3.43. The first-order valence-corrected chi connectivity index (χ1v) is 6.58. The number of carbonyl (C=O) groups excluding carboxylic acids is 1. The molecule has 20 heavy (non-hydrogen) atoms. The van der Waals surface area contributed by atoms with Crippen molar-refractivity contribution >= 4 is 29.2 Å². The number of ether oxygens (including phenoxy) is 1. The molecule has 7 heteroatoms. The molecule has 1 aromatic heterocycles. The fourth-order valence-corrected chi connectivity index (χ4v) is 2.71. The average Bonchev–Trinajstić information content (AvgIpc) is 2.36. The van der Waals surface area contributed by atoms with Crippen molar-refractivity contribution in [2.45, 2.75) is 17.0 Å². The number of Topliss-reactive ketones (excluding diaryl/α,β-unsaturated/α-hetero) is 1. The van der Waals surface area contributed by atoms with E-state index in [2.05, 4.69) is 9.97 Å². The van der Waals surface area contributed by atoms with E-state index in [1.165, 1.54) is 31.9 Å². The molecule has 0 radical (unpaired) electrons. The van der Waals surface area contributed by atoms with E-state index < -0.39 is 0 Å². The summed E-state index contributed by atoms with van der Waals surface area (Å²) < 4.78 is 5.21. The van der Waals surface area contributed by atoms with Gasteiger partial charge in [-0.05, 0) is 30.8 Å². The largest absolute Gasteiger partial charge is 0.496 e. The third-order valence-electron chi connectivity index (χ3n) is 2.51. The van der Waals surface area contributed by atoms with Crippen LogP contribution >= 0.6 is 11.8 Å². The van der Waals surface area contributed by atoms with Gasteiger partial charge in [-0.15, -0.1) is 0 Å². The van der Waals surface area contributed by atoms with E-state index in [1.807, 2.05) is 0 Å². The van der Waals surface area contributed by atoms with Crippen LogP contribution in [0.15, 0.2) is 34.3 Å². The lowest BCUT2D eigenvalue weighted by molar-refractivity contribution is 0.101. The summed E-state index contributed by atoms with van der Waals surface area (Å²) in [4.78, 5) is 20.6. The molecule has 2 rings (SSSR count). The first-order valence-electron chi connectivity index (χ1n) is 5.77. The third kappa shape index (κ3) is 3.00. The molecule has 0 aliphatic carbocycles. The van der Waals surface area contributed by atoms with Crippen LogP contribution in [0.4, 0.5) is 11.6 Å². The van der Waals surface area contributed by atoms with E-state index in [0.29, 0.717) is 21.4 Å². The van der Waals surface area contributed by atoms with Gasteiger partial charge in [0.25, 0.3) is 0 Å². The van der Waals surface area contributed by atoms with Gasteiger partial charge in [0.15, 0.2) is 10.9 Å². The highest BCUT2D eigenvalue weighted by Gasteiger charge is 2.15. The van der Waals surface area contributed by atoms with Crippen LogP contribution in [-0.4, -0.2) is 22.9 Å². The second-order valence-corrected chi connectivity index (χ2v) is 5.00. The highest BCUT2D eigenvalue weighted by molar-refractivity contribution is 7.99. The molecule has 0 aliphatic heterocycles. The summed E-state index contributed by atoms with van der Waals surface area (Å²) in [5.74, 6) is 0.987. The van der Waals surface area contributed by atoms with Gasteiger partial charge in [-0.25, -0.2) is 9.97 Å². The number of hydrogen-bond donors (Lipinski definition) is 2. The Balaban J connectivity index is 2.45. The van der Waals surface area contributed by atoms with Crippen LogP contribution in [0.5, 0.6) is 5.75 Å². The minimum Gasteiger partial charge on any atom is -0.496 e. The Morgan fingerprint density at radius 2 is 1.90 bits per heavy atom. The number of benzene rings is 1. The van der Waals surface area contributed by atoms with Crippen LogP contribution in [0.25, 0.3) is 0 Å². The molecule has 0 saturated carbocycles. The molecular weight excluding hydrogens is 276 g/mol. The number of anilines is 2. The monoisotopic (exact) mass is 290 g/mol. The number of nitrogens with two attached hydrogens (primary N) is 2. The summed E-state index contributed by atoms with van der Waals surface area (Å²) in [6, 6.07) is 6.80. The highest BCUT2D eigenvalue weighted by atomic mass is 32.2. The quantitative estimate of drug-likeness (QED) is 0.655. The summed E-state index contributed by atoms with van der Waals surface area (Å²) in [5, 5.41) is 0.387. The van der Waals surface area contributed by atoms with Gasteiger partial charge in [0, 0.05) is 11.0 Å². The molecule has 6 nitrogen and oxygen atoms in total. The fraction of sp³-hybridized carbons (Fsp3) is 0.154. The van der Waals surface area contributed by atoms with Crippen molar-refractivity contribution < 1.29 is 9.53 Å². The standard InChI is InChI=1S/C13H14N4O2S/c1-7(18)12-8(19-2)4-3-5-9(12)20-13-16-10(14)6-11(15)17-13/h3-6H,1-2H3,(H4,14,15,16,17). The van der Waals surface area contributed by atoms with Gasteiger partial charge in [-0.1, -0.05) is 6.07 Å². The van der Waals surface area contributed by atoms with E-state index in [1.54, 1.807) is 18.2 Å². The molecule has 104 valence electrons. The van der Waals surface area contributed by atoms with Crippen LogP contribution in [0, 0.1) is 0 Å². The maximum absolute atomic E-state index is 11.8. The summed E-state index contributed by atoms with van der Waals surface area (Å²) in [6.45, 7) is 1.48. The molecule has 0 saturated heterocycles. The van der Waals surface area contributed by atoms with Gasteiger partial charge in [0.1, 0.15) is 17.4 Å². The van der Waals surface area contributed by atoms with E-state index in [-0.39, 0.29) is 17.4 Å². The zero-order chi connectivity index (χ0) is 14.7. The minimum absolute atomic E-state index is 0.0955. The molecular formula is C13H14N4O2S. The zero-order valence-electron chi connectivity index (χ0n) is 11.1. The van der Waals surface area contributed by atoms with Gasteiger partial charge in [-0.2, -0.15) is 0 Å². The Morgan fingerprint density at radius 1 is 1.25 bits per heavy atom. The average molecular weight is 290 g/mol. The lowest BCUT2D eigenvalue weighted by atomic mass is 10.1. The van der Waals surface area contributed by atoms with Crippen molar-refractivity contribution in [3.63, 3.8) is 0 Å². The summed E-state index contributed by atoms with van der Waals surface area (Å²) in [7, 11) is 1.52. The van der Waals surface area contributed by atoms with Crippen molar-refractivity contribution in [3.8, 4) is 5.75 Å². The minimum atomic E-state index is -0.0955. The lowest BCUT2D eigenvalue weighted by Crippen LogP contribution is -2.02. The van der Waals surface area contributed by atoms with Crippen LogP contribution in [0.1, 0.15) is 17.3 Å². The van der Waals surface area contributed by atoms with Crippen molar-refractivity contribution in [2.75, 3.05) is 18.6 Å². The molecule has 4 N–H and O–H groups in total. The number of nitrogens with zero attached hydrogens (tertiary/aromatic N) is 2. The van der Waals surface area contributed by atoms with Crippen LogP contribution in [0.2, 0.25) is 0 Å². The number of ketones is 1. The van der Waals surface area contributed by atoms with E-state index in [4.69, 9.17) is 16.2 Å². The lowest BCUT2D eigenvalue weighted by Gasteiger charge is -2.10. The van der Waals surface area contributed by atoms with Crippen molar-refractivity contribution in [1.29, 1.82) is 0 Å². The molecule has 0 atom stereocenters. The normalized spacial score (nSPS) is 10.3.